The molecule has 3 N–H and O–H groups in total. The van der Waals surface area contributed by atoms with Crippen LogP contribution in [-0.4, -0.2) is 34.5 Å². The molecule has 108 valence electrons. The first-order valence-corrected chi connectivity index (χ1v) is 6.83. The SMILES string of the molecule is CC(N)(C(=O)N1CCCC[C@@H]1C(=O)O)c1ccccc1. The molecule has 1 aromatic rings. The molecule has 0 aliphatic carbocycles. The Labute approximate surface area is 118 Å². The number of carboxylic acids is 1. The molecule has 1 saturated heterocycles. The van der Waals surface area contributed by atoms with Gasteiger partial charge in [0.05, 0.1) is 0 Å². The molecule has 2 rings (SSSR count). The quantitative estimate of drug-likeness (QED) is 0.872. The number of aliphatic carboxylic acids is 1. The van der Waals surface area contributed by atoms with Crippen molar-refractivity contribution in [2.75, 3.05) is 6.54 Å². The monoisotopic (exact) mass is 276 g/mol. The van der Waals surface area contributed by atoms with Crippen molar-refractivity contribution in [2.45, 2.75) is 37.8 Å². The first-order valence-electron chi connectivity index (χ1n) is 6.83. The molecule has 1 unspecified atom stereocenters. The van der Waals surface area contributed by atoms with Gasteiger partial charge in [0, 0.05) is 6.54 Å². The summed E-state index contributed by atoms with van der Waals surface area (Å²) in [6, 6.07) is 8.31. The van der Waals surface area contributed by atoms with Gasteiger partial charge in [0.25, 0.3) is 0 Å². The number of hydrogen-bond donors (Lipinski definition) is 2. The highest BCUT2D eigenvalue weighted by Crippen LogP contribution is 2.25. The molecule has 20 heavy (non-hydrogen) atoms. The van der Waals surface area contributed by atoms with Crippen molar-refractivity contribution in [1.82, 2.24) is 4.90 Å². The van der Waals surface area contributed by atoms with Crippen molar-refractivity contribution in [3.8, 4) is 0 Å². The maximum absolute atomic E-state index is 12.7. The van der Waals surface area contributed by atoms with E-state index in [1.54, 1.807) is 19.1 Å². The lowest BCUT2D eigenvalue weighted by molar-refractivity contribution is -0.154. The standard InChI is InChI=1S/C15H20N2O3/c1-15(16,11-7-3-2-4-8-11)14(20)17-10-6-5-9-12(17)13(18)19/h2-4,7-8,12H,5-6,9-10,16H2,1H3,(H,18,19)/t12-,15?/m1/s1. The molecular weight excluding hydrogens is 256 g/mol. The molecule has 5 heteroatoms. The Hall–Kier alpha value is -1.88. The largest absolute Gasteiger partial charge is 0.480 e. The topological polar surface area (TPSA) is 83.6 Å². The molecule has 0 aromatic heterocycles. The zero-order valence-corrected chi connectivity index (χ0v) is 11.6. The van der Waals surface area contributed by atoms with Crippen molar-refractivity contribution < 1.29 is 14.7 Å². The summed E-state index contributed by atoms with van der Waals surface area (Å²) < 4.78 is 0. The van der Waals surface area contributed by atoms with E-state index in [0.717, 1.165) is 12.8 Å². The summed E-state index contributed by atoms with van der Waals surface area (Å²) in [5, 5.41) is 9.26. The number of nitrogens with zero attached hydrogens (tertiary/aromatic N) is 1. The Kier molecular flexibility index (Phi) is 4.09. The summed E-state index contributed by atoms with van der Waals surface area (Å²) in [5.41, 5.74) is 5.68. The summed E-state index contributed by atoms with van der Waals surface area (Å²) in [6.45, 7) is 2.09. The van der Waals surface area contributed by atoms with Crippen LogP contribution < -0.4 is 5.73 Å². The Morgan fingerprint density at radius 3 is 2.55 bits per heavy atom. The van der Waals surface area contributed by atoms with Gasteiger partial charge in [-0.15, -0.1) is 0 Å². The van der Waals surface area contributed by atoms with Gasteiger partial charge in [-0.05, 0) is 31.7 Å². The summed E-state index contributed by atoms with van der Waals surface area (Å²) in [5.74, 6) is -1.28. The van der Waals surface area contributed by atoms with Crippen molar-refractivity contribution in [3.05, 3.63) is 35.9 Å². The van der Waals surface area contributed by atoms with Crippen LogP contribution >= 0.6 is 0 Å². The lowest BCUT2D eigenvalue weighted by Crippen LogP contribution is -2.57. The van der Waals surface area contributed by atoms with E-state index in [1.807, 2.05) is 18.2 Å². The highest BCUT2D eigenvalue weighted by Gasteiger charge is 2.40. The number of carboxylic acid groups (broad SMARTS) is 1. The van der Waals surface area contributed by atoms with Gasteiger partial charge in [-0.2, -0.15) is 0 Å². The molecule has 1 aliphatic rings. The smallest absolute Gasteiger partial charge is 0.326 e. The fourth-order valence-corrected chi connectivity index (χ4v) is 2.64. The van der Waals surface area contributed by atoms with Crippen LogP contribution in [-0.2, 0) is 15.1 Å². The zero-order chi connectivity index (χ0) is 14.8. The zero-order valence-electron chi connectivity index (χ0n) is 11.6. The molecule has 5 nitrogen and oxygen atoms in total. The maximum atomic E-state index is 12.7. The van der Waals surface area contributed by atoms with Crippen molar-refractivity contribution >= 4 is 11.9 Å². The van der Waals surface area contributed by atoms with Crippen molar-refractivity contribution in [3.63, 3.8) is 0 Å². The normalized spacial score (nSPS) is 22.1. The second kappa shape index (κ2) is 5.63. The molecule has 1 fully saturated rings. The number of hydrogen-bond acceptors (Lipinski definition) is 3. The second-order valence-corrected chi connectivity index (χ2v) is 5.42. The first-order chi connectivity index (χ1) is 9.44. The minimum atomic E-state index is -1.20. The van der Waals surface area contributed by atoms with E-state index >= 15 is 0 Å². The molecule has 1 heterocycles. The van der Waals surface area contributed by atoms with Gasteiger partial charge in [-0.3, -0.25) is 4.79 Å². The van der Waals surface area contributed by atoms with E-state index < -0.39 is 17.6 Å². The van der Waals surface area contributed by atoms with Gasteiger partial charge in [-0.25, -0.2) is 4.79 Å². The number of piperidine rings is 1. The van der Waals surface area contributed by atoms with Crippen LogP contribution in [0.15, 0.2) is 30.3 Å². The number of benzene rings is 1. The fourth-order valence-electron chi connectivity index (χ4n) is 2.64. The van der Waals surface area contributed by atoms with Gasteiger partial charge in [0.15, 0.2) is 0 Å². The first kappa shape index (κ1) is 14.5. The van der Waals surface area contributed by atoms with E-state index in [0.29, 0.717) is 18.5 Å². The molecule has 0 saturated carbocycles. The average Bonchev–Trinajstić information content (AvgIpc) is 2.47. The Balaban J connectivity index is 2.27. The van der Waals surface area contributed by atoms with E-state index in [4.69, 9.17) is 5.73 Å². The minimum Gasteiger partial charge on any atom is -0.480 e. The molecule has 0 spiro atoms. The van der Waals surface area contributed by atoms with Crippen LogP contribution in [0, 0.1) is 0 Å². The Morgan fingerprint density at radius 2 is 1.95 bits per heavy atom. The average molecular weight is 276 g/mol. The molecular formula is C15H20N2O3. The molecule has 0 bridgehead atoms. The van der Waals surface area contributed by atoms with Gasteiger partial charge in [0.1, 0.15) is 11.6 Å². The summed E-state index contributed by atoms with van der Waals surface area (Å²) in [7, 11) is 0. The second-order valence-electron chi connectivity index (χ2n) is 5.42. The predicted octanol–water partition coefficient (Wildman–Crippen LogP) is 1.33. The van der Waals surface area contributed by atoms with Crippen LogP contribution in [0.25, 0.3) is 0 Å². The fraction of sp³-hybridized carbons (Fsp3) is 0.467. The Bertz CT molecular complexity index is 499. The number of carbonyl (C=O) groups excluding carboxylic acids is 1. The van der Waals surface area contributed by atoms with E-state index in [1.165, 1.54) is 4.90 Å². The number of carbonyl (C=O) groups is 2. The summed E-state index contributed by atoms with van der Waals surface area (Å²) in [4.78, 5) is 25.4. The number of likely N-dealkylation sites (tertiary alicyclic amines) is 1. The third-order valence-electron chi connectivity index (χ3n) is 3.87. The number of amides is 1. The van der Waals surface area contributed by atoms with Gasteiger partial charge < -0.3 is 15.7 Å². The maximum Gasteiger partial charge on any atom is 0.326 e. The van der Waals surface area contributed by atoms with Crippen LogP contribution in [0.4, 0.5) is 0 Å². The van der Waals surface area contributed by atoms with E-state index in [2.05, 4.69) is 0 Å². The van der Waals surface area contributed by atoms with Crippen molar-refractivity contribution in [2.24, 2.45) is 5.73 Å². The van der Waals surface area contributed by atoms with Gasteiger partial charge in [0.2, 0.25) is 5.91 Å². The highest BCUT2D eigenvalue weighted by molar-refractivity contribution is 5.90. The number of nitrogens with two attached hydrogens (primary N) is 1. The lowest BCUT2D eigenvalue weighted by Gasteiger charge is -2.38. The van der Waals surface area contributed by atoms with Gasteiger partial charge in [-0.1, -0.05) is 30.3 Å². The van der Waals surface area contributed by atoms with Crippen LogP contribution in [0.3, 0.4) is 0 Å². The van der Waals surface area contributed by atoms with E-state index in [9.17, 15) is 14.7 Å². The summed E-state index contributed by atoms with van der Waals surface area (Å²) >= 11 is 0. The molecule has 1 aliphatic heterocycles. The number of rotatable bonds is 3. The third kappa shape index (κ3) is 2.67. The van der Waals surface area contributed by atoms with E-state index in [-0.39, 0.29) is 5.91 Å². The highest BCUT2D eigenvalue weighted by atomic mass is 16.4. The molecule has 1 aromatic carbocycles. The van der Waals surface area contributed by atoms with Crippen molar-refractivity contribution in [1.29, 1.82) is 0 Å². The van der Waals surface area contributed by atoms with Gasteiger partial charge >= 0.3 is 5.97 Å². The molecule has 1 amide bonds. The van der Waals surface area contributed by atoms with Crippen LogP contribution in [0.5, 0.6) is 0 Å². The molecule has 2 atom stereocenters. The lowest BCUT2D eigenvalue weighted by atomic mass is 9.89. The third-order valence-corrected chi connectivity index (χ3v) is 3.87. The Morgan fingerprint density at radius 1 is 1.30 bits per heavy atom. The summed E-state index contributed by atoms with van der Waals surface area (Å²) in [6.07, 6.45) is 2.14. The molecule has 0 radical (unpaired) electrons. The van der Waals surface area contributed by atoms with Crippen LogP contribution in [0.2, 0.25) is 0 Å². The predicted molar refractivity (Wildman–Crippen MR) is 75.0 cm³/mol. The minimum absolute atomic E-state index is 0.323. The van der Waals surface area contributed by atoms with Crippen LogP contribution in [0.1, 0.15) is 31.7 Å².